The minimum Gasteiger partial charge on any atom is -0.495 e. The van der Waals surface area contributed by atoms with E-state index in [0.717, 1.165) is 5.69 Å². The van der Waals surface area contributed by atoms with Crippen molar-refractivity contribution >= 4 is 23.0 Å². The lowest BCUT2D eigenvalue weighted by molar-refractivity contribution is 0.416. The van der Waals surface area contributed by atoms with Gasteiger partial charge in [0.15, 0.2) is 0 Å². The number of hydrogen-bond acceptors (Lipinski definition) is 2. The van der Waals surface area contributed by atoms with E-state index in [4.69, 9.17) is 16.3 Å². The van der Waals surface area contributed by atoms with Crippen LogP contribution in [0, 0.1) is 5.82 Å². The van der Waals surface area contributed by atoms with Crippen molar-refractivity contribution in [1.29, 1.82) is 0 Å². The third-order valence-corrected chi connectivity index (χ3v) is 2.54. The Morgan fingerprint density at radius 1 is 1.12 bits per heavy atom. The van der Waals surface area contributed by atoms with Crippen LogP contribution in [0.2, 0.25) is 5.02 Å². The number of benzene rings is 2. The van der Waals surface area contributed by atoms with Crippen molar-refractivity contribution in [3.8, 4) is 5.75 Å². The van der Waals surface area contributed by atoms with Crippen LogP contribution < -0.4 is 10.1 Å². The Labute approximate surface area is 104 Å². The molecule has 0 bridgehead atoms. The summed E-state index contributed by atoms with van der Waals surface area (Å²) in [6.45, 7) is 0. The Morgan fingerprint density at radius 2 is 1.82 bits per heavy atom. The van der Waals surface area contributed by atoms with Gasteiger partial charge in [0.05, 0.1) is 12.8 Å². The molecule has 1 N–H and O–H groups in total. The van der Waals surface area contributed by atoms with E-state index in [9.17, 15) is 4.39 Å². The molecule has 0 saturated heterocycles. The zero-order valence-corrected chi connectivity index (χ0v) is 9.96. The van der Waals surface area contributed by atoms with Gasteiger partial charge in [-0.1, -0.05) is 11.6 Å². The molecule has 0 aliphatic carbocycles. The highest BCUT2D eigenvalue weighted by Crippen LogP contribution is 2.28. The number of halogens is 2. The van der Waals surface area contributed by atoms with E-state index in [1.165, 1.54) is 12.1 Å². The van der Waals surface area contributed by atoms with Crippen molar-refractivity contribution < 1.29 is 9.13 Å². The normalized spacial score (nSPS) is 10.1. The molecule has 2 aromatic carbocycles. The molecule has 4 heteroatoms. The summed E-state index contributed by atoms with van der Waals surface area (Å²) in [5.41, 5.74) is 1.40. The average molecular weight is 252 g/mol. The Kier molecular flexibility index (Phi) is 3.49. The standard InChI is InChI=1S/C13H11ClFNO/c1-17-13-7-4-10(15)8-12(13)16-11-5-2-9(14)3-6-11/h2-8,16H,1H3. The maximum absolute atomic E-state index is 13.1. The summed E-state index contributed by atoms with van der Waals surface area (Å²) in [6.07, 6.45) is 0. The zero-order chi connectivity index (χ0) is 12.3. The van der Waals surface area contributed by atoms with E-state index in [-0.39, 0.29) is 5.82 Å². The monoisotopic (exact) mass is 251 g/mol. The summed E-state index contributed by atoms with van der Waals surface area (Å²) in [7, 11) is 1.54. The molecule has 0 spiro atoms. The fourth-order valence-electron chi connectivity index (χ4n) is 1.47. The van der Waals surface area contributed by atoms with Gasteiger partial charge in [-0.25, -0.2) is 4.39 Å². The van der Waals surface area contributed by atoms with Crippen LogP contribution in [0.25, 0.3) is 0 Å². The van der Waals surface area contributed by atoms with Gasteiger partial charge in [-0.3, -0.25) is 0 Å². The van der Waals surface area contributed by atoms with Crippen LogP contribution in [0.15, 0.2) is 42.5 Å². The second-order valence-electron chi connectivity index (χ2n) is 3.48. The summed E-state index contributed by atoms with van der Waals surface area (Å²) in [4.78, 5) is 0. The minimum atomic E-state index is -0.317. The van der Waals surface area contributed by atoms with Crippen LogP contribution in [0.3, 0.4) is 0 Å². The lowest BCUT2D eigenvalue weighted by Crippen LogP contribution is -1.95. The van der Waals surface area contributed by atoms with Gasteiger partial charge in [-0.05, 0) is 36.4 Å². The molecule has 0 heterocycles. The van der Waals surface area contributed by atoms with Crippen LogP contribution in [-0.4, -0.2) is 7.11 Å². The van der Waals surface area contributed by atoms with E-state index >= 15 is 0 Å². The molecular formula is C13H11ClFNO. The first kappa shape index (κ1) is 11.7. The molecule has 88 valence electrons. The van der Waals surface area contributed by atoms with Gasteiger partial charge in [0.2, 0.25) is 0 Å². The van der Waals surface area contributed by atoms with Gasteiger partial charge in [0.1, 0.15) is 11.6 Å². The maximum atomic E-state index is 13.1. The van der Waals surface area contributed by atoms with E-state index < -0.39 is 0 Å². The summed E-state index contributed by atoms with van der Waals surface area (Å²) in [5.74, 6) is 0.267. The smallest absolute Gasteiger partial charge is 0.142 e. The van der Waals surface area contributed by atoms with Crippen molar-refractivity contribution in [2.75, 3.05) is 12.4 Å². The van der Waals surface area contributed by atoms with E-state index in [0.29, 0.717) is 16.5 Å². The molecule has 0 amide bonds. The Hall–Kier alpha value is -1.74. The van der Waals surface area contributed by atoms with Crippen molar-refractivity contribution in [3.63, 3.8) is 0 Å². The molecule has 0 aliphatic rings. The first-order valence-electron chi connectivity index (χ1n) is 5.05. The molecule has 2 aromatic rings. The molecule has 0 radical (unpaired) electrons. The molecule has 17 heavy (non-hydrogen) atoms. The Morgan fingerprint density at radius 3 is 2.47 bits per heavy atom. The highest BCUT2D eigenvalue weighted by molar-refractivity contribution is 6.30. The van der Waals surface area contributed by atoms with Gasteiger partial charge in [-0.2, -0.15) is 0 Å². The van der Waals surface area contributed by atoms with Gasteiger partial charge in [0.25, 0.3) is 0 Å². The zero-order valence-electron chi connectivity index (χ0n) is 9.21. The van der Waals surface area contributed by atoms with E-state index in [1.807, 2.05) is 12.1 Å². The minimum absolute atomic E-state index is 0.317. The quantitative estimate of drug-likeness (QED) is 0.881. The molecular weight excluding hydrogens is 241 g/mol. The summed E-state index contributed by atoms with van der Waals surface area (Å²) in [5, 5.41) is 3.72. The molecule has 0 atom stereocenters. The SMILES string of the molecule is COc1ccc(F)cc1Nc1ccc(Cl)cc1. The summed E-state index contributed by atoms with van der Waals surface area (Å²) in [6, 6.07) is 11.5. The third-order valence-electron chi connectivity index (χ3n) is 2.28. The molecule has 0 saturated carbocycles. The second-order valence-corrected chi connectivity index (χ2v) is 3.91. The summed E-state index contributed by atoms with van der Waals surface area (Å²) >= 11 is 5.79. The number of nitrogens with one attached hydrogen (secondary N) is 1. The fraction of sp³-hybridized carbons (Fsp3) is 0.0769. The highest BCUT2D eigenvalue weighted by atomic mass is 35.5. The van der Waals surface area contributed by atoms with Crippen molar-refractivity contribution in [2.45, 2.75) is 0 Å². The van der Waals surface area contributed by atoms with Crippen LogP contribution in [-0.2, 0) is 0 Å². The fourth-order valence-corrected chi connectivity index (χ4v) is 1.59. The van der Waals surface area contributed by atoms with E-state index in [1.54, 1.807) is 25.3 Å². The van der Waals surface area contributed by atoms with Gasteiger partial charge >= 0.3 is 0 Å². The maximum Gasteiger partial charge on any atom is 0.142 e. The van der Waals surface area contributed by atoms with Gasteiger partial charge < -0.3 is 10.1 Å². The van der Waals surface area contributed by atoms with Crippen LogP contribution in [0.4, 0.5) is 15.8 Å². The number of ether oxygens (including phenoxy) is 1. The molecule has 2 rings (SSSR count). The lowest BCUT2D eigenvalue weighted by atomic mass is 10.2. The molecule has 2 nitrogen and oxygen atoms in total. The first-order valence-corrected chi connectivity index (χ1v) is 5.43. The average Bonchev–Trinajstić information content (AvgIpc) is 2.32. The molecule has 0 unspecified atom stereocenters. The van der Waals surface area contributed by atoms with Crippen LogP contribution >= 0.6 is 11.6 Å². The molecule has 0 fully saturated rings. The third kappa shape index (κ3) is 2.88. The predicted molar refractivity (Wildman–Crippen MR) is 67.7 cm³/mol. The number of hydrogen-bond donors (Lipinski definition) is 1. The first-order chi connectivity index (χ1) is 8.19. The Balaban J connectivity index is 2.28. The number of methoxy groups -OCH3 is 1. The lowest BCUT2D eigenvalue weighted by Gasteiger charge is -2.11. The van der Waals surface area contributed by atoms with Crippen molar-refractivity contribution in [2.24, 2.45) is 0 Å². The van der Waals surface area contributed by atoms with Gasteiger partial charge in [0, 0.05) is 16.8 Å². The molecule has 0 aliphatic heterocycles. The highest BCUT2D eigenvalue weighted by Gasteiger charge is 2.04. The van der Waals surface area contributed by atoms with Crippen molar-refractivity contribution in [1.82, 2.24) is 0 Å². The van der Waals surface area contributed by atoms with Crippen LogP contribution in [0.5, 0.6) is 5.75 Å². The molecule has 0 aromatic heterocycles. The largest absolute Gasteiger partial charge is 0.495 e. The van der Waals surface area contributed by atoms with E-state index in [2.05, 4.69) is 5.32 Å². The van der Waals surface area contributed by atoms with Crippen LogP contribution in [0.1, 0.15) is 0 Å². The predicted octanol–water partition coefficient (Wildman–Crippen LogP) is 4.23. The number of anilines is 2. The van der Waals surface area contributed by atoms with Gasteiger partial charge in [-0.15, -0.1) is 0 Å². The second kappa shape index (κ2) is 5.06. The number of rotatable bonds is 3. The van der Waals surface area contributed by atoms with Crippen molar-refractivity contribution in [3.05, 3.63) is 53.3 Å². The summed E-state index contributed by atoms with van der Waals surface area (Å²) < 4.78 is 18.3. The Bertz CT molecular complexity index is 513. The topological polar surface area (TPSA) is 21.3 Å².